The van der Waals surface area contributed by atoms with Gasteiger partial charge in [-0.15, -0.1) is 0 Å². The Morgan fingerprint density at radius 3 is 2.55 bits per heavy atom. The van der Waals surface area contributed by atoms with E-state index in [0.29, 0.717) is 4.47 Å². The van der Waals surface area contributed by atoms with Crippen molar-refractivity contribution in [3.63, 3.8) is 0 Å². The Bertz CT molecular complexity index is 584. The van der Waals surface area contributed by atoms with Crippen LogP contribution in [-0.4, -0.2) is 17.6 Å². The van der Waals surface area contributed by atoms with Crippen LogP contribution in [0, 0.1) is 5.82 Å². The van der Waals surface area contributed by atoms with Gasteiger partial charge in [0.05, 0.1) is 12.6 Å². The van der Waals surface area contributed by atoms with E-state index < -0.39 is 17.8 Å². The average molecular weight is 338 g/mol. The van der Waals surface area contributed by atoms with Crippen molar-refractivity contribution in [3.8, 4) is 0 Å². The van der Waals surface area contributed by atoms with Crippen molar-refractivity contribution >= 4 is 21.8 Å². The van der Waals surface area contributed by atoms with Gasteiger partial charge in [0.1, 0.15) is 5.82 Å². The number of rotatable bonds is 4. The van der Waals surface area contributed by atoms with Gasteiger partial charge in [-0.2, -0.15) is 0 Å². The highest BCUT2D eigenvalue weighted by Crippen LogP contribution is 2.17. The minimum absolute atomic E-state index is 0.200. The minimum Gasteiger partial charge on any atom is -0.394 e. The van der Waals surface area contributed by atoms with Gasteiger partial charge < -0.3 is 10.4 Å². The van der Waals surface area contributed by atoms with Crippen molar-refractivity contribution in [1.82, 2.24) is 5.32 Å². The number of benzene rings is 2. The van der Waals surface area contributed by atoms with Crippen LogP contribution in [0.2, 0.25) is 0 Å². The van der Waals surface area contributed by atoms with E-state index >= 15 is 0 Å². The maximum Gasteiger partial charge on any atom is 0.251 e. The lowest BCUT2D eigenvalue weighted by Gasteiger charge is -2.16. The Morgan fingerprint density at radius 1 is 1.25 bits per heavy atom. The first kappa shape index (κ1) is 14.7. The van der Waals surface area contributed by atoms with Gasteiger partial charge >= 0.3 is 0 Å². The lowest BCUT2D eigenvalue weighted by Crippen LogP contribution is -2.30. The minimum atomic E-state index is -0.522. The highest BCUT2D eigenvalue weighted by Gasteiger charge is 2.15. The molecule has 2 aromatic carbocycles. The zero-order chi connectivity index (χ0) is 14.5. The fourth-order valence-electron chi connectivity index (χ4n) is 1.85. The van der Waals surface area contributed by atoms with Crippen LogP contribution >= 0.6 is 15.9 Å². The Kier molecular flexibility index (Phi) is 4.87. The number of halogens is 2. The molecular formula is C15H13BrFNO2. The van der Waals surface area contributed by atoms with E-state index in [1.807, 2.05) is 30.3 Å². The first-order chi connectivity index (χ1) is 9.60. The molecule has 0 saturated heterocycles. The van der Waals surface area contributed by atoms with Crippen molar-refractivity contribution in [2.24, 2.45) is 0 Å². The summed E-state index contributed by atoms with van der Waals surface area (Å²) in [5.41, 5.74) is 0.991. The summed E-state index contributed by atoms with van der Waals surface area (Å²) in [6.45, 7) is -0.230. The summed E-state index contributed by atoms with van der Waals surface area (Å²) in [5, 5.41) is 12.1. The zero-order valence-electron chi connectivity index (χ0n) is 10.5. The van der Waals surface area contributed by atoms with Crippen molar-refractivity contribution in [1.29, 1.82) is 0 Å². The van der Waals surface area contributed by atoms with E-state index in [-0.39, 0.29) is 12.2 Å². The molecule has 0 aromatic heterocycles. The van der Waals surface area contributed by atoms with E-state index in [1.165, 1.54) is 12.1 Å². The molecule has 5 heteroatoms. The van der Waals surface area contributed by atoms with Gasteiger partial charge in [-0.1, -0.05) is 46.3 Å². The number of hydrogen-bond donors (Lipinski definition) is 2. The van der Waals surface area contributed by atoms with Crippen LogP contribution in [0.4, 0.5) is 4.39 Å². The van der Waals surface area contributed by atoms with Crippen molar-refractivity contribution in [2.75, 3.05) is 6.61 Å². The SMILES string of the molecule is O=C(N[C@@H](CO)c1ccccc1)c1cc(F)cc(Br)c1. The molecule has 0 aliphatic carbocycles. The number of amides is 1. The van der Waals surface area contributed by atoms with Gasteiger partial charge in [0.15, 0.2) is 0 Å². The van der Waals surface area contributed by atoms with Crippen molar-refractivity contribution in [2.45, 2.75) is 6.04 Å². The third-order valence-corrected chi connectivity index (χ3v) is 3.27. The second-order valence-corrected chi connectivity index (χ2v) is 5.19. The van der Waals surface area contributed by atoms with E-state index in [4.69, 9.17) is 0 Å². The van der Waals surface area contributed by atoms with Crippen molar-refractivity contribution in [3.05, 3.63) is 69.9 Å². The Labute approximate surface area is 124 Å². The second kappa shape index (κ2) is 6.63. The zero-order valence-corrected chi connectivity index (χ0v) is 12.1. The predicted molar refractivity (Wildman–Crippen MR) is 77.8 cm³/mol. The Hall–Kier alpha value is -1.72. The van der Waals surface area contributed by atoms with E-state index in [9.17, 15) is 14.3 Å². The molecule has 1 atom stereocenters. The number of aliphatic hydroxyl groups excluding tert-OH is 1. The highest BCUT2D eigenvalue weighted by molar-refractivity contribution is 9.10. The number of nitrogens with one attached hydrogen (secondary N) is 1. The highest BCUT2D eigenvalue weighted by atomic mass is 79.9. The topological polar surface area (TPSA) is 49.3 Å². The maximum absolute atomic E-state index is 13.3. The summed E-state index contributed by atoms with van der Waals surface area (Å²) in [7, 11) is 0. The molecule has 0 saturated carbocycles. The lowest BCUT2D eigenvalue weighted by atomic mass is 10.1. The molecule has 1 amide bonds. The average Bonchev–Trinajstić information content (AvgIpc) is 2.44. The third kappa shape index (κ3) is 3.65. The fourth-order valence-corrected chi connectivity index (χ4v) is 2.31. The molecule has 0 aliphatic rings. The van der Waals surface area contributed by atoms with Crippen LogP contribution in [-0.2, 0) is 0 Å². The van der Waals surface area contributed by atoms with Crippen LogP contribution in [0.5, 0.6) is 0 Å². The van der Waals surface area contributed by atoms with Gasteiger partial charge in [0, 0.05) is 10.0 Å². The molecular weight excluding hydrogens is 325 g/mol. The molecule has 0 unspecified atom stereocenters. The molecule has 20 heavy (non-hydrogen) atoms. The van der Waals surface area contributed by atoms with E-state index in [1.54, 1.807) is 0 Å². The van der Waals surface area contributed by atoms with Crippen LogP contribution in [0.3, 0.4) is 0 Å². The molecule has 0 aliphatic heterocycles. The quantitative estimate of drug-likeness (QED) is 0.900. The molecule has 0 bridgehead atoms. The molecule has 3 nitrogen and oxygen atoms in total. The fraction of sp³-hybridized carbons (Fsp3) is 0.133. The number of carbonyl (C=O) groups excluding carboxylic acids is 1. The van der Waals surface area contributed by atoms with Crippen molar-refractivity contribution < 1.29 is 14.3 Å². The summed E-state index contributed by atoms with van der Waals surface area (Å²) in [6, 6.07) is 12.5. The molecule has 104 valence electrons. The Morgan fingerprint density at radius 2 is 1.95 bits per heavy atom. The third-order valence-electron chi connectivity index (χ3n) is 2.81. The largest absolute Gasteiger partial charge is 0.394 e. The molecule has 0 spiro atoms. The molecule has 2 N–H and O–H groups in total. The summed E-state index contributed by atoms with van der Waals surface area (Å²) in [5.74, 6) is -0.933. The van der Waals surface area contributed by atoms with E-state index in [2.05, 4.69) is 21.2 Å². The normalized spacial score (nSPS) is 11.9. The van der Waals surface area contributed by atoms with Gasteiger partial charge in [-0.05, 0) is 23.8 Å². The monoisotopic (exact) mass is 337 g/mol. The smallest absolute Gasteiger partial charge is 0.251 e. The molecule has 0 fully saturated rings. The maximum atomic E-state index is 13.3. The summed E-state index contributed by atoms with van der Waals surface area (Å²) < 4.78 is 13.8. The first-order valence-electron chi connectivity index (χ1n) is 6.03. The van der Waals surface area contributed by atoms with E-state index in [0.717, 1.165) is 11.6 Å². The molecule has 2 rings (SSSR count). The Balaban J connectivity index is 2.17. The molecule has 0 radical (unpaired) electrons. The number of aliphatic hydroxyl groups is 1. The van der Waals surface area contributed by atoms with Gasteiger partial charge in [0.25, 0.3) is 5.91 Å². The molecule has 0 heterocycles. The number of carbonyl (C=O) groups is 1. The lowest BCUT2D eigenvalue weighted by molar-refractivity contribution is 0.0915. The van der Waals surface area contributed by atoms with Gasteiger partial charge in [-0.25, -0.2) is 4.39 Å². The van der Waals surface area contributed by atoms with Crippen LogP contribution in [0.25, 0.3) is 0 Å². The van der Waals surface area contributed by atoms with Crippen LogP contribution in [0.15, 0.2) is 53.0 Å². The standard InChI is InChI=1S/C15H13BrFNO2/c16-12-6-11(7-13(17)8-12)15(20)18-14(9-19)10-4-2-1-3-5-10/h1-8,14,19H,9H2,(H,18,20)/t14-/m0/s1. The first-order valence-corrected chi connectivity index (χ1v) is 6.82. The van der Waals surface area contributed by atoms with Gasteiger partial charge in [-0.3, -0.25) is 4.79 Å². The predicted octanol–water partition coefficient (Wildman–Crippen LogP) is 3.05. The summed E-state index contributed by atoms with van der Waals surface area (Å²) in [6.07, 6.45) is 0. The summed E-state index contributed by atoms with van der Waals surface area (Å²) in [4.78, 5) is 12.1. The summed E-state index contributed by atoms with van der Waals surface area (Å²) >= 11 is 3.14. The van der Waals surface area contributed by atoms with Crippen LogP contribution < -0.4 is 5.32 Å². The second-order valence-electron chi connectivity index (χ2n) is 4.28. The van der Waals surface area contributed by atoms with Crippen LogP contribution in [0.1, 0.15) is 22.0 Å². The van der Waals surface area contributed by atoms with Gasteiger partial charge in [0.2, 0.25) is 0 Å². The number of hydrogen-bond acceptors (Lipinski definition) is 2. The molecule has 2 aromatic rings.